The number of aliphatic hydroxyl groups is 1. The summed E-state index contributed by atoms with van der Waals surface area (Å²) in [4.78, 5) is 22.3. The second kappa shape index (κ2) is 3.21. The van der Waals surface area contributed by atoms with Gasteiger partial charge in [-0.15, -0.1) is 0 Å². The first kappa shape index (κ1) is 10.4. The van der Waals surface area contributed by atoms with Crippen molar-refractivity contribution < 1.29 is 19.4 Å². The van der Waals surface area contributed by atoms with Crippen molar-refractivity contribution in [2.24, 2.45) is 0 Å². The largest absolute Gasteiger partial charge is 0.501 e. The van der Waals surface area contributed by atoms with Crippen molar-refractivity contribution in [3.8, 4) is 0 Å². The summed E-state index contributed by atoms with van der Waals surface area (Å²) in [7, 11) is 1.17. The molecule has 1 heterocycles. The molecule has 0 atom stereocenters. The van der Waals surface area contributed by atoms with Gasteiger partial charge in [0.25, 0.3) is 5.91 Å². The van der Waals surface area contributed by atoms with Crippen molar-refractivity contribution in [2.75, 3.05) is 7.11 Å². The predicted molar refractivity (Wildman–Crippen MR) is 47.0 cm³/mol. The van der Waals surface area contributed by atoms with Crippen LogP contribution in [-0.2, 0) is 14.3 Å². The van der Waals surface area contributed by atoms with Crippen molar-refractivity contribution in [1.82, 2.24) is 10.6 Å². The van der Waals surface area contributed by atoms with Crippen LogP contribution in [0, 0.1) is 0 Å². The third-order valence-electron chi connectivity index (χ3n) is 1.70. The normalized spacial score (nSPS) is 19.8. The first-order chi connectivity index (χ1) is 6.37. The number of esters is 1. The number of nitrogens with one attached hydrogen (secondary N) is 2. The molecule has 0 saturated carbocycles. The molecule has 0 aromatic heterocycles. The molecule has 0 spiro atoms. The highest BCUT2D eigenvalue weighted by Gasteiger charge is 2.34. The van der Waals surface area contributed by atoms with Crippen molar-refractivity contribution in [3.05, 3.63) is 11.5 Å². The summed E-state index contributed by atoms with van der Waals surface area (Å²) in [6.07, 6.45) is 0. The van der Waals surface area contributed by atoms with E-state index in [1.54, 1.807) is 13.8 Å². The molecule has 1 rings (SSSR count). The second-order valence-corrected chi connectivity index (χ2v) is 3.42. The van der Waals surface area contributed by atoms with Gasteiger partial charge in [0, 0.05) is 0 Å². The van der Waals surface area contributed by atoms with E-state index < -0.39 is 23.3 Å². The Balaban J connectivity index is 3.07. The summed E-state index contributed by atoms with van der Waals surface area (Å²) in [5, 5.41) is 14.4. The lowest BCUT2D eigenvalue weighted by Gasteiger charge is -2.33. The van der Waals surface area contributed by atoms with E-state index in [2.05, 4.69) is 15.4 Å². The molecule has 0 fully saturated rings. The fourth-order valence-electron chi connectivity index (χ4n) is 1.11. The van der Waals surface area contributed by atoms with E-state index in [0.29, 0.717) is 0 Å². The third kappa shape index (κ3) is 1.78. The molecule has 6 heteroatoms. The van der Waals surface area contributed by atoms with Gasteiger partial charge in [-0.1, -0.05) is 0 Å². The zero-order valence-electron chi connectivity index (χ0n) is 8.17. The van der Waals surface area contributed by atoms with Crippen molar-refractivity contribution in [1.29, 1.82) is 0 Å². The number of rotatable bonds is 1. The molecule has 0 bridgehead atoms. The van der Waals surface area contributed by atoms with Crippen molar-refractivity contribution in [2.45, 2.75) is 19.5 Å². The first-order valence-electron chi connectivity index (χ1n) is 3.99. The molecule has 3 N–H and O–H groups in total. The third-order valence-corrected chi connectivity index (χ3v) is 1.70. The molecule has 0 saturated heterocycles. The maximum absolute atomic E-state index is 11.2. The zero-order valence-corrected chi connectivity index (χ0v) is 8.17. The Labute approximate surface area is 80.9 Å². The highest BCUT2D eigenvalue weighted by atomic mass is 16.5. The number of methoxy groups -OCH3 is 1. The lowest BCUT2D eigenvalue weighted by atomic mass is 10.1. The number of amides is 1. The minimum Gasteiger partial charge on any atom is -0.501 e. The molecule has 0 aromatic rings. The van der Waals surface area contributed by atoms with Gasteiger partial charge in [0.1, 0.15) is 5.66 Å². The van der Waals surface area contributed by atoms with E-state index in [9.17, 15) is 14.7 Å². The van der Waals surface area contributed by atoms with Crippen LogP contribution in [0.25, 0.3) is 0 Å². The van der Waals surface area contributed by atoms with E-state index >= 15 is 0 Å². The van der Waals surface area contributed by atoms with Gasteiger partial charge in [0.05, 0.1) is 7.11 Å². The molecule has 78 valence electrons. The van der Waals surface area contributed by atoms with E-state index in [4.69, 9.17) is 0 Å². The van der Waals surface area contributed by atoms with Crippen LogP contribution in [0.2, 0.25) is 0 Å². The summed E-state index contributed by atoms with van der Waals surface area (Å²) in [5.74, 6) is -2.13. The number of ether oxygens (including phenoxy) is 1. The predicted octanol–water partition coefficient (Wildman–Crippen LogP) is -0.615. The Kier molecular flexibility index (Phi) is 2.37. The van der Waals surface area contributed by atoms with Crippen LogP contribution in [0.5, 0.6) is 0 Å². The smallest absolute Gasteiger partial charge is 0.358 e. The second-order valence-electron chi connectivity index (χ2n) is 3.42. The van der Waals surface area contributed by atoms with E-state index in [-0.39, 0.29) is 5.70 Å². The summed E-state index contributed by atoms with van der Waals surface area (Å²) in [5.41, 5.74) is -1.01. The Hall–Kier alpha value is -1.72. The Morgan fingerprint density at radius 2 is 2.00 bits per heavy atom. The molecule has 1 aliphatic heterocycles. The molecule has 1 amide bonds. The molecular formula is C8H12N2O4. The Bertz CT molecular complexity index is 319. The quantitative estimate of drug-likeness (QED) is 0.491. The number of hydrogen-bond donors (Lipinski definition) is 3. The van der Waals surface area contributed by atoms with Gasteiger partial charge in [-0.05, 0) is 13.8 Å². The van der Waals surface area contributed by atoms with Gasteiger partial charge in [-0.3, -0.25) is 4.79 Å². The molecule has 0 aromatic carbocycles. The summed E-state index contributed by atoms with van der Waals surface area (Å²) in [6, 6.07) is 0. The minimum absolute atomic E-state index is 0.221. The lowest BCUT2D eigenvalue weighted by molar-refractivity contribution is -0.138. The molecule has 0 unspecified atom stereocenters. The van der Waals surface area contributed by atoms with Crippen LogP contribution in [0.15, 0.2) is 11.5 Å². The van der Waals surface area contributed by atoms with Crippen LogP contribution < -0.4 is 10.6 Å². The number of aliphatic hydroxyl groups excluding tert-OH is 1. The van der Waals surface area contributed by atoms with Crippen molar-refractivity contribution >= 4 is 11.9 Å². The van der Waals surface area contributed by atoms with Crippen LogP contribution in [-0.4, -0.2) is 29.8 Å². The average molecular weight is 200 g/mol. The Morgan fingerprint density at radius 3 is 2.50 bits per heavy atom. The lowest BCUT2D eigenvalue weighted by Crippen LogP contribution is -2.59. The van der Waals surface area contributed by atoms with Crippen LogP contribution in [0.3, 0.4) is 0 Å². The highest BCUT2D eigenvalue weighted by Crippen LogP contribution is 2.13. The number of hydrogen-bond acceptors (Lipinski definition) is 5. The molecule has 14 heavy (non-hydrogen) atoms. The van der Waals surface area contributed by atoms with Gasteiger partial charge in [-0.2, -0.15) is 0 Å². The van der Waals surface area contributed by atoms with Crippen LogP contribution >= 0.6 is 0 Å². The highest BCUT2D eigenvalue weighted by molar-refractivity contribution is 6.02. The number of carbonyl (C=O) groups excluding carboxylic acids is 2. The summed E-state index contributed by atoms with van der Waals surface area (Å²) < 4.78 is 4.40. The van der Waals surface area contributed by atoms with Crippen LogP contribution in [0.4, 0.5) is 0 Å². The van der Waals surface area contributed by atoms with E-state index in [1.807, 2.05) is 0 Å². The maximum Gasteiger partial charge on any atom is 0.358 e. The van der Waals surface area contributed by atoms with E-state index in [1.165, 1.54) is 7.11 Å². The van der Waals surface area contributed by atoms with E-state index in [0.717, 1.165) is 0 Å². The van der Waals surface area contributed by atoms with Gasteiger partial charge < -0.3 is 20.5 Å². The Morgan fingerprint density at radius 1 is 1.43 bits per heavy atom. The van der Waals surface area contributed by atoms with Gasteiger partial charge in [0.15, 0.2) is 5.70 Å². The minimum atomic E-state index is -0.785. The standard InChI is InChI=1S/C8H12N2O4/c1-8(2)9-4(7(13)14-3)5(11)6(12)10-8/h9,11H,1-3H3,(H,10,12). The summed E-state index contributed by atoms with van der Waals surface area (Å²) in [6.45, 7) is 3.31. The molecule has 0 radical (unpaired) electrons. The fourth-order valence-corrected chi connectivity index (χ4v) is 1.11. The fraction of sp³-hybridized carbons (Fsp3) is 0.500. The maximum atomic E-state index is 11.2. The zero-order chi connectivity index (χ0) is 10.9. The van der Waals surface area contributed by atoms with Crippen LogP contribution in [0.1, 0.15) is 13.8 Å². The van der Waals surface area contributed by atoms with Gasteiger partial charge >= 0.3 is 5.97 Å². The van der Waals surface area contributed by atoms with Crippen molar-refractivity contribution in [3.63, 3.8) is 0 Å². The SMILES string of the molecule is COC(=O)C1=C(O)C(=O)NC(C)(C)N1. The topological polar surface area (TPSA) is 87.7 Å². The molecule has 6 nitrogen and oxygen atoms in total. The number of carbonyl (C=O) groups is 2. The monoisotopic (exact) mass is 200 g/mol. The van der Waals surface area contributed by atoms with Gasteiger partial charge in [-0.25, -0.2) is 4.79 Å². The average Bonchev–Trinajstić information content (AvgIpc) is 2.09. The van der Waals surface area contributed by atoms with Gasteiger partial charge in [0.2, 0.25) is 5.76 Å². The first-order valence-corrected chi connectivity index (χ1v) is 3.99. The molecule has 0 aliphatic carbocycles. The molecular weight excluding hydrogens is 188 g/mol. The summed E-state index contributed by atoms with van der Waals surface area (Å²) >= 11 is 0. The molecule has 1 aliphatic rings.